The molecule has 0 amide bonds. The molecule has 4 heterocycles. The van der Waals surface area contributed by atoms with E-state index in [2.05, 4.69) is 13.8 Å². The highest BCUT2D eigenvalue weighted by molar-refractivity contribution is 7.93. The van der Waals surface area contributed by atoms with Crippen LogP contribution in [0.15, 0.2) is 82.8 Å². The quantitative estimate of drug-likeness (QED) is 0.395. The second-order valence-corrected chi connectivity index (χ2v) is 13.0. The summed E-state index contributed by atoms with van der Waals surface area (Å²) >= 11 is 0. The van der Waals surface area contributed by atoms with Crippen LogP contribution in [0, 0.1) is 18.8 Å². The largest absolute Gasteiger partial charge is 0.465 e. The summed E-state index contributed by atoms with van der Waals surface area (Å²) in [5.41, 5.74) is 3.82. The van der Waals surface area contributed by atoms with Crippen LogP contribution < -0.4 is 0 Å². The average molecular weight is 572 g/mol. The number of aromatic nitrogens is 2. The van der Waals surface area contributed by atoms with Crippen LogP contribution in [0.4, 0.5) is 5.82 Å². The average Bonchev–Trinajstić information content (AvgIpc) is 3.30. The number of hydrogen-bond acceptors (Lipinski definition) is 7. The van der Waals surface area contributed by atoms with Crippen LogP contribution in [-0.2, 0) is 14.8 Å². The molecule has 6 rings (SSSR count). The summed E-state index contributed by atoms with van der Waals surface area (Å²) in [6.07, 6.45) is 6.12. The Hall–Kier alpha value is -4.02. The van der Waals surface area contributed by atoms with E-state index in [-0.39, 0.29) is 4.91 Å². The maximum Gasteiger partial charge on any atom is 0.337 e. The molecule has 1 saturated heterocycles. The molecule has 212 valence electrons. The number of fused-ring (bicyclic) bond motifs is 2. The fourth-order valence-corrected chi connectivity index (χ4v) is 7.78. The smallest absolute Gasteiger partial charge is 0.337 e. The van der Waals surface area contributed by atoms with Crippen molar-refractivity contribution < 1.29 is 17.9 Å². The number of esters is 1. The molecule has 0 spiro atoms. The zero-order valence-corrected chi connectivity index (χ0v) is 24.4. The molecule has 3 aliphatic heterocycles. The first-order valence-electron chi connectivity index (χ1n) is 13.8. The van der Waals surface area contributed by atoms with Crippen LogP contribution >= 0.6 is 0 Å². The van der Waals surface area contributed by atoms with E-state index in [0.29, 0.717) is 42.1 Å². The molecule has 1 fully saturated rings. The van der Waals surface area contributed by atoms with Crippen LogP contribution in [0.25, 0.3) is 5.69 Å². The summed E-state index contributed by atoms with van der Waals surface area (Å²) in [5, 5.41) is 4.85. The second kappa shape index (κ2) is 10.4. The van der Waals surface area contributed by atoms with Crippen molar-refractivity contribution in [2.75, 3.05) is 20.2 Å². The van der Waals surface area contributed by atoms with E-state index in [9.17, 15) is 13.2 Å². The summed E-state index contributed by atoms with van der Waals surface area (Å²) in [6.45, 7) is 7.14. The number of carbonyl (C=O) groups is 1. The van der Waals surface area contributed by atoms with E-state index in [4.69, 9.17) is 14.8 Å². The number of rotatable bonds is 5. The van der Waals surface area contributed by atoms with Crippen molar-refractivity contribution in [2.24, 2.45) is 16.8 Å². The van der Waals surface area contributed by atoms with Gasteiger partial charge in [-0.2, -0.15) is 9.40 Å². The van der Waals surface area contributed by atoms with Gasteiger partial charge in [0.25, 0.3) is 0 Å². The Morgan fingerprint density at radius 2 is 1.66 bits per heavy atom. The number of piperidine rings is 1. The molecule has 0 N–H and O–H groups in total. The van der Waals surface area contributed by atoms with Gasteiger partial charge in [0.1, 0.15) is 5.84 Å². The Morgan fingerprint density at radius 3 is 2.32 bits per heavy atom. The zero-order chi connectivity index (χ0) is 28.9. The SMILES string of the molecule is COC(=O)c1ccc([C@@H]2c3c(C)nn(-c4ccccc4)c3N=C3C=CC(S(=O)(=O)N4C[C@@H](C)C[C@H](C)C4)=CN32)cc1. The van der Waals surface area contributed by atoms with Crippen LogP contribution in [0.2, 0.25) is 0 Å². The summed E-state index contributed by atoms with van der Waals surface area (Å²) in [7, 11) is -2.37. The minimum absolute atomic E-state index is 0.227. The number of aliphatic imine (C=N–C) groups is 1. The molecule has 9 nitrogen and oxygen atoms in total. The minimum Gasteiger partial charge on any atom is -0.465 e. The summed E-state index contributed by atoms with van der Waals surface area (Å²) in [5.74, 6) is 1.46. The Morgan fingerprint density at radius 1 is 0.976 bits per heavy atom. The number of benzene rings is 2. The number of methoxy groups -OCH3 is 1. The molecule has 0 radical (unpaired) electrons. The van der Waals surface area contributed by atoms with Crippen molar-refractivity contribution >= 4 is 27.6 Å². The first kappa shape index (κ1) is 27.2. The van der Waals surface area contributed by atoms with Crippen molar-refractivity contribution in [1.29, 1.82) is 0 Å². The highest BCUT2D eigenvalue weighted by Gasteiger charge is 2.39. The molecule has 0 aliphatic carbocycles. The lowest BCUT2D eigenvalue weighted by molar-refractivity contribution is 0.0600. The third-order valence-corrected chi connectivity index (χ3v) is 9.72. The number of amidine groups is 1. The van der Waals surface area contributed by atoms with Gasteiger partial charge in [0.15, 0.2) is 5.82 Å². The molecule has 0 bridgehead atoms. The van der Waals surface area contributed by atoms with E-state index in [1.807, 2.05) is 59.0 Å². The van der Waals surface area contributed by atoms with E-state index in [1.165, 1.54) is 7.11 Å². The number of nitrogens with zero attached hydrogens (tertiary/aromatic N) is 5. The van der Waals surface area contributed by atoms with E-state index < -0.39 is 22.0 Å². The van der Waals surface area contributed by atoms with Gasteiger partial charge < -0.3 is 9.64 Å². The monoisotopic (exact) mass is 571 g/mol. The molecule has 3 aliphatic rings. The highest BCUT2D eigenvalue weighted by Crippen LogP contribution is 2.44. The Labute approximate surface area is 240 Å². The maximum absolute atomic E-state index is 13.9. The molecular weight excluding hydrogens is 538 g/mol. The fraction of sp³-hybridized carbons (Fsp3) is 0.323. The highest BCUT2D eigenvalue weighted by atomic mass is 32.2. The molecule has 3 atom stereocenters. The van der Waals surface area contributed by atoms with E-state index in [0.717, 1.165) is 28.9 Å². The van der Waals surface area contributed by atoms with Crippen LogP contribution in [-0.4, -0.2) is 59.4 Å². The zero-order valence-electron chi connectivity index (χ0n) is 23.6. The number of para-hydroxylation sites is 1. The third-order valence-electron chi connectivity index (χ3n) is 7.90. The van der Waals surface area contributed by atoms with Gasteiger partial charge in [0.2, 0.25) is 10.0 Å². The lowest BCUT2D eigenvalue weighted by Crippen LogP contribution is -2.44. The second-order valence-electron chi connectivity index (χ2n) is 11.1. The number of sulfonamides is 1. The first-order valence-corrected chi connectivity index (χ1v) is 15.2. The lowest BCUT2D eigenvalue weighted by Gasteiger charge is -2.38. The van der Waals surface area contributed by atoms with Gasteiger partial charge in [0, 0.05) is 24.9 Å². The van der Waals surface area contributed by atoms with Crippen molar-refractivity contribution in [1.82, 2.24) is 19.0 Å². The van der Waals surface area contributed by atoms with Crippen LogP contribution in [0.3, 0.4) is 0 Å². The Balaban J connectivity index is 1.48. The first-order chi connectivity index (χ1) is 19.7. The maximum atomic E-state index is 13.9. The minimum atomic E-state index is -3.72. The van der Waals surface area contributed by atoms with Crippen molar-refractivity contribution in [3.8, 4) is 5.69 Å². The topological polar surface area (TPSA) is 97.1 Å². The van der Waals surface area contributed by atoms with Gasteiger partial charge in [-0.25, -0.2) is 22.9 Å². The standard InChI is InChI=1S/C31H33N5O4S/c1-20-16-21(2)18-34(17-20)41(38,39)26-14-15-27-32-30-28(22(3)33-36(30)25-8-6-5-7-9-25)29(35(27)19-26)23-10-12-24(13-11-23)31(37)40-4/h5-15,19-21,29H,16-18H2,1-4H3/t20-,21-,29+/m0/s1. The van der Waals surface area contributed by atoms with Gasteiger partial charge in [-0.1, -0.05) is 44.2 Å². The number of allylic oxidation sites excluding steroid dienone is 1. The third kappa shape index (κ3) is 4.81. The molecular formula is C31H33N5O4S. The van der Waals surface area contributed by atoms with Gasteiger partial charge in [-0.3, -0.25) is 0 Å². The molecule has 0 unspecified atom stereocenters. The normalized spacial score (nSPS) is 22.4. The van der Waals surface area contributed by atoms with Crippen molar-refractivity contribution in [3.63, 3.8) is 0 Å². The van der Waals surface area contributed by atoms with Crippen LogP contribution in [0.1, 0.15) is 53.5 Å². The van der Waals surface area contributed by atoms with Gasteiger partial charge in [-0.05, 0) is 67.2 Å². The predicted molar refractivity (Wildman–Crippen MR) is 158 cm³/mol. The molecule has 10 heteroatoms. The Bertz CT molecular complexity index is 1680. The van der Waals surface area contributed by atoms with Crippen molar-refractivity contribution in [2.45, 2.75) is 33.2 Å². The van der Waals surface area contributed by atoms with E-state index >= 15 is 0 Å². The molecule has 1 aromatic heterocycles. The lowest BCUT2D eigenvalue weighted by atomic mass is 9.94. The number of hydrogen-bond donors (Lipinski definition) is 0. The van der Waals surface area contributed by atoms with Gasteiger partial charge >= 0.3 is 5.97 Å². The molecule has 0 saturated carbocycles. The summed E-state index contributed by atoms with van der Waals surface area (Å²) in [6, 6.07) is 16.6. The number of aryl methyl sites for hydroxylation is 1. The fourth-order valence-electron chi connectivity index (χ4n) is 6.09. The number of ether oxygens (including phenoxy) is 1. The van der Waals surface area contributed by atoms with E-state index in [1.54, 1.807) is 34.8 Å². The van der Waals surface area contributed by atoms with Crippen LogP contribution in [0.5, 0.6) is 0 Å². The summed E-state index contributed by atoms with van der Waals surface area (Å²) < 4.78 is 36.1. The predicted octanol–water partition coefficient (Wildman–Crippen LogP) is 5.12. The van der Waals surface area contributed by atoms with Crippen molar-refractivity contribution in [3.05, 3.63) is 100 Å². The number of carbonyl (C=O) groups excluding carboxylic acids is 1. The Kier molecular flexibility index (Phi) is 6.91. The molecule has 2 aromatic carbocycles. The van der Waals surface area contributed by atoms with Gasteiger partial charge in [0.05, 0.1) is 35.0 Å². The van der Waals surface area contributed by atoms with Gasteiger partial charge in [-0.15, -0.1) is 0 Å². The molecule has 41 heavy (non-hydrogen) atoms. The summed E-state index contributed by atoms with van der Waals surface area (Å²) in [4.78, 5) is 19.3. The molecule has 3 aromatic rings.